The van der Waals surface area contributed by atoms with E-state index in [4.69, 9.17) is 0 Å². The lowest BCUT2D eigenvalue weighted by atomic mass is 10.0. The van der Waals surface area contributed by atoms with E-state index in [0.29, 0.717) is 11.5 Å². The highest BCUT2D eigenvalue weighted by Gasteiger charge is 2.11. The van der Waals surface area contributed by atoms with Gasteiger partial charge in [0, 0.05) is 28.9 Å². The first-order valence-electron chi connectivity index (χ1n) is 6.38. The number of fused-ring (bicyclic) bond motifs is 1. The zero-order valence-corrected chi connectivity index (χ0v) is 11.3. The third-order valence-corrected chi connectivity index (χ3v) is 3.15. The van der Waals surface area contributed by atoms with Gasteiger partial charge in [-0.2, -0.15) is 0 Å². The third kappa shape index (κ3) is 2.17. The molecule has 0 saturated heterocycles. The van der Waals surface area contributed by atoms with Gasteiger partial charge < -0.3 is 5.32 Å². The Morgan fingerprint density at radius 2 is 2.06 bits per heavy atom. The molecule has 18 heavy (non-hydrogen) atoms. The Bertz CT molecular complexity index is 576. The number of nitrogens with zero attached hydrogens (tertiary/aromatic N) is 1. The van der Waals surface area contributed by atoms with Crippen molar-refractivity contribution >= 4 is 16.6 Å². The first kappa shape index (κ1) is 12.8. The van der Waals surface area contributed by atoms with Crippen molar-refractivity contribution in [3.05, 3.63) is 35.3 Å². The van der Waals surface area contributed by atoms with Crippen LogP contribution in [0.4, 0.5) is 10.1 Å². The smallest absolute Gasteiger partial charge is 0.128 e. The van der Waals surface area contributed by atoms with Gasteiger partial charge in [0.1, 0.15) is 5.82 Å². The number of rotatable bonds is 3. The summed E-state index contributed by atoms with van der Waals surface area (Å²) in [6.45, 7) is 8.87. The molecule has 0 saturated carbocycles. The SMILES string of the molecule is CCNc1cc(C(C)C)nc2c(C)c(F)ccc12. The zero-order valence-electron chi connectivity index (χ0n) is 11.3. The predicted octanol–water partition coefficient (Wildman–Crippen LogP) is 4.24. The quantitative estimate of drug-likeness (QED) is 0.876. The normalized spacial score (nSPS) is 11.2. The van der Waals surface area contributed by atoms with E-state index in [1.54, 1.807) is 13.0 Å². The van der Waals surface area contributed by atoms with Crippen LogP contribution in [0, 0.1) is 12.7 Å². The van der Waals surface area contributed by atoms with Crippen LogP contribution in [-0.2, 0) is 0 Å². The van der Waals surface area contributed by atoms with Gasteiger partial charge in [-0.1, -0.05) is 13.8 Å². The van der Waals surface area contributed by atoms with Gasteiger partial charge in [-0.05, 0) is 38.0 Å². The van der Waals surface area contributed by atoms with Crippen LogP contribution in [0.25, 0.3) is 10.9 Å². The number of aromatic nitrogens is 1. The third-order valence-electron chi connectivity index (χ3n) is 3.15. The predicted molar refractivity (Wildman–Crippen MR) is 74.7 cm³/mol. The van der Waals surface area contributed by atoms with Gasteiger partial charge in [0.25, 0.3) is 0 Å². The summed E-state index contributed by atoms with van der Waals surface area (Å²) in [6, 6.07) is 5.37. The minimum absolute atomic E-state index is 0.196. The molecule has 0 amide bonds. The maximum absolute atomic E-state index is 13.6. The van der Waals surface area contributed by atoms with Crippen LogP contribution in [0.15, 0.2) is 18.2 Å². The molecule has 0 aliphatic rings. The number of anilines is 1. The molecule has 1 aromatic heterocycles. The number of aryl methyl sites for hydroxylation is 1. The van der Waals surface area contributed by atoms with Crippen LogP contribution in [0.3, 0.4) is 0 Å². The van der Waals surface area contributed by atoms with Crippen LogP contribution in [0.1, 0.15) is 37.9 Å². The number of pyridine rings is 1. The summed E-state index contributed by atoms with van der Waals surface area (Å²) in [5.74, 6) is 0.132. The Morgan fingerprint density at radius 1 is 1.33 bits per heavy atom. The van der Waals surface area contributed by atoms with E-state index in [1.165, 1.54) is 6.07 Å². The van der Waals surface area contributed by atoms with E-state index < -0.39 is 0 Å². The molecule has 0 fully saturated rings. The number of hydrogen-bond acceptors (Lipinski definition) is 2. The fourth-order valence-electron chi connectivity index (χ4n) is 2.06. The van der Waals surface area contributed by atoms with Crippen LogP contribution < -0.4 is 5.32 Å². The number of nitrogens with one attached hydrogen (secondary N) is 1. The van der Waals surface area contributed by atoms with Gasteiger partial charge in [-0.15, -0.1) is 0 Å². The van der Waals surface area contributed by atoms with Crippen LogP contribution in [0.2, 0.25) is 0 Å². The molecule has 1 N–H and O–H groups in total. The average molecular weight is 246 g/mol. The molecule has 2 aromatic rings. The fraction of sp³-hybridized carbons (Fsp3) is 0.400. The molecule has 0 unspecified atom stereocenters. The second kappa shape index (κ2) is 4.92. The van der Waals surface area contributed by atoms with E-state index >= 15 is 0 Å². The molecular weight excluding hydrogens is 227 g/mol. The molecule has 0 atom stereocenters. The lowest BCUT2D eigenvalue weighted by Gasteiger charge is -2.14. The van der Waals surface area contributed by atoms with Crippen molar-refractivity contribution in [2.24, 2.45) is 0 Å². The van der Waals surface area contributed by atoms with Crippen molar-refractivity contribution in [2.45, 2.75) is 33.6 Å². The first-order valence-corrected chi connectivity index (χ1v) is 6.38. The van der Waals surface area contributed by atoms with Crippen molar-refractivity contribution < 1.29 is 4.39 Å². The van der Waals surface area contributed by atoms with Crippen molar-refractivity contribution in [1.29, 1.82) is 0 Å². The maximum Gasteiger partial charge on any atom is 0.128 e. The second-order valence-electron chi connectivity index (χ2n) is 4.85. The molecular formula is C15H19FN2. The summed E-state index contributed by atoms with van der Waals surface area (Å²) in [7, 11) is 0. The standard InChI is InChI=1S/C15H19FN2/c1-5-17-14-8-13(9(2)3)18-15-10(4)12(16)7-6-11(14)15/h6-9H,5H2,1-4H3,(H,17,18). The lowest BCUT2D eigenvalue weighted by Crippen LogP contribution is -2.03. The minimum Gasteiger partial charge on any atom is -0.385 e. The highest BCUT2D eigenvalue weighted by molar-refractivity contribution is 5.93. The summed E-state index contributed by atoms with van der Waals surface area (Å²) in [5.41, 5.74) is 3.41. The summed E-state index contributed by atoms with van der Waals surface area (Å²) >= 11 is 0. The number of benzene rings is 1. The summed E-state index contributed by atoms with van der Waals surface area (Å²) < 4.78 is 13.6. The largest absolute Gasteiger partial charge is 0.385 e. The van der Waals surface area contributed by atoms with Crippen LogP contribution in [-0.4, -0.2) is 11.5 Å². The monoisotopic (exact) mass is 246 g/mol. The molecule has 0 spiro atoms. The Kier molecular flexibility index (Phi) is 3.50. The molecule has 3 heteroatoms. The van der Waals surface area contributed by atoms with Crippen molar-refractivity contribution in [3.63, 3.8) is 0 Å². The van der Waals surface area contributed by atoms with E-state index in [-0.39, 0.29) is 5.82 Å². The van der Waals surface area contributed by atoms with E-state index in [0.717, 1.165) is 28.8 Å². The first-order chi connectivity index (χ1) is 8.54. The van der Waals surface area contributed by atoms with Gasteiger partial charge in [-0.3, -0.25) is 4.98 Å². The fourth-order valence-corrected chi connectivity index (χ4v) is 2.06. The average Bonchev–Trinajstić information content (AvgIpc) is 2.34. The van der Waals surface area contributed by atoms with E-state index in [2.05, 4.69) is 37.1 Å². The number of halogens is 1. The van der Waals surface area contributed by atoms with Crippen LogP contribution in [0.5, 0.6) is 0 Å². The zero-order chi connectivity index (χ0) is 13.3. The van der Waals surface area contributed by atoms with Gasteiger partial charge in [-0.25, -0.2) is 4.39 Å². The van der Waals surface area contributed by atoms with E-state index in [9.17, 15) is 4.39 Å². The molecule has 2 rings (SSSR count). The van der Waals surface area contributed by atoms with Gasteiger partial charge in [0.2, 0.25) is 0 Å². The lowest BCUT2D eigenvalue weighted by molar-refractivity contribution is 0.620. The Morgan fingerprint density at radius 3 is 2.67 bits per heavy atom. The molecule has 0 aliphatic heterocycles. The highest BCUT2D eigenvalue weighted by atomic mass is 19.1. The van der Waals surface area contributed by atoms with Crippen LogP contribution >= 0.6 is 0 Å². The summed E-state index contributed by atoms with van der Waals surface area (Å²) in [6.07, 6.45) is 0. The molecule has 1 heterocycles. The van der Waals surface area contributed by atoms with Crippen molar-refractivity contribution in [3.8, 4) is 0 Å². The minimum atomic E-state index is -0.196. The molecule has 96 valence electrons. The Hall–Kier alpha value is -1.64. The Balaban J connectivity index is 2.77. The van der Waals surface area contributed by atoms with Gasteiger partial charge in [0.05, 0.1) is 5.52 Å². The summed E-state index contributed by atoms with van der Waals surface area (Å²) in [5, 5.41) is 4.32. The molecule has 1 aromatic carbocycles. The molecule has 0 radical (unpaired) electrons. The highest BCUT2D eigenvalue weighted by Crippen LogP contribution is 2.29. The van der Waals surface area contributed by atoms with Gasteiger partial charge >= 0.3 is 0 Å². The number of hydrogen-bond donors (Lipinski definition) is 1. The Labute approximate surface area is 107 Å². The second-order valence-corrected chi connectivity index (χ2v) is 4.85. The molecule has 0 bridgehead atoms. The van der Waals surface area contributed by atoms with E-state index in [1.807, 2.05) is 0 Å². The van der Waals surface area contributed by atoms with Crippen molar-refractivity contribution in [2.75, 3.05) is 11.9 Å². The molecule has 0 aliphatic carbocycles. The van der Waals surface area contributed by atoms with Gasteiger partial charge in [0.15, 0.2) is 0 Å². The summed E-state index contributed by atoms with van der Waals surface area (Å²) in [4.78, 5) is 4.60. The molecule has 2 nitrogen and oxygen atoms in total. The van der Waals surface area contributed by atoms with Crippen molar-refractivity contribution in [1.82, 2.24) is 4.98 Å². The maximum atomic E-state index is 13.6. The topological polar surface area (TPSA) is 24.9 Å².